The van der Waals surface area contributed by atoms with E-state index in [0.29, 0.717) is 11.4 Å². The summed E-state index contributed by atoms with van der Waals surface area (Å²) in [4.78, 5) is 20.7. The minimum absolute atomic E-state index is 0.00511. The van der Waals surface area contributed by atoms with Crippen molar-refractivity contribution in [1.82, 2.24) is 19.8 Å². The van der Waals surface area contributed by atoms with E-state index in [1.54, 1.807) is 4.57 Å². The molecule has 0 bridgehead atoms. The lowest BCUT2D eigenvalue weighted by Gasteiger charge is -2.36. The Bertz CT molecular complexity index is 1010. The first-order chi connectivity index (χ1) is 13.0. The highest BCUT2D eigenvalue weighted by molar-refractivity contribution is 5.77. The first-order valence-electron chi connectivity index (χ1n) is 9.61. The van der Waals surface area contributed by atoms with Gasteiger partial charge in [0.05, 0.1) is 22.6 Å². The number of fused-ring (bicyclic) bond motifs is 1. The molecule has 140 valence electrons. The van der Waals surface area contributed by atoms with E-state index < -0.39 is 0 Å². The number of nitrogens with one attached hydrogen (secondary N) is 1. The molecule has 5 heteroatoms. The molecule has 0 spiro atoms. The summed E-state index contributed by atoms with van der Waals surface area (Å²) in [6, 6.07) is 16.2. The first kappa shape index (κ1) is 17.9. The van der Waals surface area contributed by atoms with E-state index in [0.717, 1.165) is 36.7 Å². The van der Waals surface area contributed by atoms with Gasteiger partial charge in [-0.15, -0.1) is 0 Å². The molecule has 2 aromatic carbocycles. The van der Waals surface area contributed by atoms with Crippen LogP contribution in [0.4, 0.5) is 0 Å². The molecule has 2 atom stereocenters. The number of hydrogen-bond acceptors (Lipinski definition) is 4. The predicted molar refractivity (Wildman–Crippen MR) is 110 cm³/mol. The minimum atomic E-state index is -0.00511. The molecular formula is C22H26N4O. The van der Waals surface area contributed by atoms with Crippen LogP contribution < -0.4 is 10.9 Å². The lowest BCUT2D eigenvalue weighted by atomic mass is 10.1. The van der Waals surface area contributed by atoms with Gasteiger partial charge in [-0.2, -0.15) is 0 Å². The smallest absolute Gasteiger partial charge is 0.266 e. The number of aromatic nitrogens is 2. The molecule has 1 aliphatic rings. The van der Waals surface area contributed by atoms with E-state index in [-0.39, 0.29) is 11.6 Å². The summed E-state index contributed by atoms with van der Waals surface area (Å²) in [5.41, 5.74) is 2.80. The van der Waals surface area contributed by atoms with Crippen molar-refractivity contribution >= 4 is 10.9 Å². The van der Waals surface area contributed by atoms with Crippen molar-refractivity contribution in [1.29, 1.82) is 0 Å². The Labute approximate surface area is 159 Å². The minimum Gasteiger partial charge on any atom is -0.312 e. The second-order valence-electron chi connectivity index (χ2n) is 7.49. The van der Waals surface area contributed by atoms with Crippen LogP contribution in [0, 0.1) is 6.92 Å². The molecule has 1 fully saturated rings. The third kappa shape index (κ3) is 3.40. The molecule has 1 aliphatic heterocycles. The van der Waals surface area contributed by atoms with E-state index in [1.165, 1.54) is 5.56 Å². The monoisotopic (exact) mass is 362 g/mol. The molecule has 1 saturated heterocycles. The molecule has 0 amide bonds. The van der Waals surface area contributed by atoms with E-state index in [9.17, 15) is 4.79 Å². The van der Waals surface area contributed by atoms with Crippen molar-refractivity contribution in [3.05, 3.63) is 70.3 Å². The zero-order valence-corrected chi connectivity index (χ0v) is 16.1. The van der Waals surface area contributed by atoms with Crippen molar-refractivity contribution in [2.24, 2.45) is 0 Å². The van der Waals surface area contributed by atoms with Gasteiger partial charge in [0.1, 0.15) is 5.82 Å². The zero-order chi connectivity index (χ0) is 19.0. The van der Waals surface area contributed by atoms with Crippen LogP contribution in [0.25, 0.3) is 16.6 Å². The van der Waals surface area contributed by atoms with Gasteiger partial charge in [-0.3, -0.25) is 14.3 Å². The van der Waals surface area contributed by atoms with Crippen LogP contribution in [0.1, 0.15) is 31.3 Å². The largest absolute Gasteiger partial charge is 0.312 e. The van der Waals surface area contributed by atoms with Gasteiger partial charge in [0.15, 0.2) is 0 Å². The van der Waals surface area contributed by atoms with Gasteiger partial charge in [-0.05, 0) is 45.0 Å². The summed E-state index contributed by atoms with van der Waals surface area (Å²) in [6.07, 6.45) is 0. The maximum atomic E-state index is 13.4. The average molecular weight is 362 g/mol. The molecular weight excluding hydrogens is 336 g/mol. The molecule has 2 heterocycles. The molecule has 1 aromatic heterocycles. The van der Waals surface area contributed by atoms with Crippen LogP contribution in [-0.2, 0) is 0 Å². The normalized spacial score (nSPS) is 19.3. The first-order valence-corrected chi connectivity index (χ1v) is 9.61. The van der Waals surface area contributed by atoms with Crippen molar-refractivity contribution < 1.29 is 0 Å². The summed E-state index contributed by atoms with van der Waals surface area (Å²) in [5, 5.41) is 4.14. The van der Waals surface area contributed by atoms with Crippen LogP contribution in [0.15, 0.2) is 53.3 Å². The Hall–Kier alpha value is -2.50. The number of aryl methyl sites for hydroxylation is 1. The Morgan fingerprint density at radius 3 is 2.63 bits per heavy atom. The van der Waals surface area contributed by atoms with Gasteiger partial charge in [0, 0.05) is 25.7 Å². The fourth-order valence-electron chi connectivity index (χ4n) is 3.85. The molecule has 2 unspecified atom stereocenters. The van der Waals surface area contributed by atoms with Crippen LogP contribution in [-0.4, -0.2) is 40.1 Å². The van der Waals surface area contributed by atoms with Crippen molar-refractivity contribution in [2.75, 3.05) is 19.6 Å². The maximum Gasteiger partial charge on any atom is 0.266 e. The summed E-state index contributed by atoms with van der Waals surface area (Å²) in [7, 11) is 0. The second-order valence-corrected chi connectivity index (χ2v) is 7.49. The summed E-state index contributed by atoms with van der Waals surface area (Å²) < 4.78 is 1.79. The van der Waals surface area contributed by atoms with Crippen LogP contribution in [0.2, 0.25) is 0 Å². The van der Waals surface area contributed by atoms with Crippen LogP contribution in [0.5, 0.6) is 0 Å². The highest BCUT2D eigenvalue weighted by Gasteiger charge is 2.26. The summed E-state index contributed by atoms with van der Waals surface area (Å²) in [5.74, 6) is 0.802. The van der Waals surface area contributed by atoms with E-state index in [4.69, 9.17) is 4.98 Å². The standard InChI is InChI=1S/C22H26N4O/c1-15-8-10-18(11-9-15)26-21(17(3)25-13-12-23-16(2)14-25)24-20-7-5-4-6-19(20)22(26)27/h4-11,16-17,23H,12-14H2,1-3H3. The molecule has 0 aliphatic carbocycles. The number of rotatable bonds is 3. The van der Waals surface area contributed by atoms with E-state index in [1.807, 2.05) is 48.5 Å². The number of nitrogens with zero attached hydrogens (tertiary/aromatic N) is 3. The van der Waals surface area contributed by atoms with Gasteiger partial charge in [-0.1, -0.05) is 29.8 Å². The Kier molecular flexibility index (Phi) is 4.81. The fourth-order valence-corrected chi connectivity index (χ4v) is 3.85. The second kappa shape index (κ2) is 7.25. The van der Waals surface area contributed by atoms with Crippen molar-refractivity contribution in [3.8, 4) is 5.69 Å². The molecule has 0 saturated carbocycles. The van der Waals surface area contributed by atoms with Crippen LogP contribution >= 0.6 is 0 Å². The van der Waals surface area contributed by atoms with Gasteiger partial charge >= 0.3 is 0 Å². The predicted octanol–water partition coefficient (Wildman–Crippen LogP) is 3.05. The number of hydrogen-bond donors (Lipinski definition) is 1. The Morgan fingerprint density at radius 2 is 1.89 bits per heavy atom. The summed E-state index contributed by atoms with van der Waals surface area (Å²) in [6.45, 7) is 9.24. The van der Waals surface area contributed by atoms with Gasteiger partial charge in [0.25, 0.3) is 5.56 Å². The molecule has 27 heavy (non-hydrogen) atoms. The quantitative estimate of drug-likeness (QED) is 0.778. The third-order valence-corrected chi connectivity index (χ3v) is 5.42. The van der Waals surface area contributed by atoms with E-state index in [2.05, 4.69) is 31.0 Å². The van der Waals surface area contributed by atoms with Gasteiger partial charge in [-0.25, -0.2) is 4.98 Å². The SMILES string of the molecule is Cc1ccc(-n2c(C(C)N3CCNC(C)C3)nc3ccccc3c2=O)cc1. The molecule has 5 nitrogen and oxygen atoms in total. The third-order valence-electron chi connectivity index (χ3n) is 5.42. The lowest BCUT2D eigenvalue weighted by Crippen LogP contribution is -2.50. The number of benzene rings is 2. The van der Waals surface area contributed by atoms with Gasteiger partial charge in [0.2, 0.25) is 0 Å². The summed E-state index contributed by atoms with van der Waals surface area (Å²) >= 11 is 0. The highest BCUT2D eigenvalue weighted by Crippen LogP contribution is 2.23. The average Bonchev–Trinajstić information content (AvgIpc) is 2.68. The zero-order valence-electron chi connectivity index (χ0n) is 16.1. The number of para-hydroxylation sites is 1. The lowest BCUT2D eigenvalue weighted by molar-refractivity contribution is 0.152. The van der Waals surface area contributed by atoms with Crippen molar-refractivity contribution in [3.63, 3.8) is 0 Å². The van der Waals surface area contributed by atoms with Crippen molar-refractivity contribution in [2.45, 2.75) is 32.9 Å². The molecule has 1 N–H and O–H groups in total. The van der Waals surface area contributed by atoms with E-state index >= 15 is 0 Å². The maximum absolute atomic E-state index is 13.4. The fraction of sp³-hybridized carbons (Fsp3) is 0.364. The molecule has 3 aromatic rings. The van der Waals surface area contributed by atoms with Gasteiger partial charge < -0.3 is 5.32 Å². The number of piperazine rings is 1. The van der Waals surface area contributed by atoms with Crippen LogP contribution in [0.3, 0.4) is 0 Å². The molecule has 0 radical (unpaired) electrons. The highest BCUT2D eigenvalue weighted by atomic mass is 16.1. The molecule has 4 rings (SSSR count). The Balaban J connectivity index is 1.91. The topological polar surface area (TPSA) is 50.2 Å². The Morgan fingerprint density at radius 1 is 1.15 bits per heavy atom.